The van der Waals surface area contributed by atoms with Crippen molar-refractivity contribution in [2.24, 2.45) is 0 Å². The van der Waals surface area contributed by atoms with Gasteiger partial charge in [-0.3, -0.25) is 0 Å². The molecule has 0 aliphatic heterocycles. The van der Waals surface area contributed by atoms with Gasteiger partial charge < -0.3 is 9.47 Å². The molecule has 0 aliphatic carbocycles. The molecule has 0 aromatic heterocycles. The van der Waals surface area contributed by atoms with Gasteiger partial charge in [0.25, 0.3) is 0 Å². The smallest absolute Gasteiger partial charge is 0.240 e. The molecule has 2 rings (SSSR count). The fourth-order valence-corrected chi connectivity index (χ4v) is 3.07. The Morgan fingerprint density at radius 2 is 1.74 bits per heavy atom. The Labute approximate surface area is 137 Å². The highest BCUT2D eigenvalue weighted by Crippen LogP contribution is 2.29. The molecule has 0 atom stereocenters. The van der Waals surface area contributed by atoms with Gasteiger partial charge in [0.1, 0.15) is 0 Å². The second-order valence-electron chi connectivity index (χ2n) is 5.29. The first-order chi connectivity index (χ1) is 10.9. The average molecular weight is 335 g/mol. The van der Waals surface area contributed by atoms with Crippen LogP contribution in [0.4, 0.5) is 0 Å². The molecule has 2 aromatic carbocycles. The molecule has 0 bridgehead atoms. The zero-order valence-electron chi connectivity index (χ0n) is 13.4. The number of benzene rings is 2. The molecular weight excluding hydrogens is 314 g/mol. The molecule has 0 saturated carbocycles. The van der Waals surface area contributed by atoms with E-state index >= 15 is 0 Å². The standard InChI is InChI=1S/C17H21NO4S/c1-13(2)22-16-10-9-14(11-17(16)21-3)12-18-23(19,20)15-7-5-4-6-8-15/h4-11,13,18H,12H2,1-3H3. The topological polar surface area (TPSA) is 64.6 Å². The Kier molecular flexibility index (Phi) is 5.63. The van der Waals surface area contributed by atoms with Gasteiger partial charge in [-0.15, -0.1) is 0 Å². The number of ether oxygens (including phenoxy) is 2. The predicted octanol–water partition coefficient (Wildman–Crippen LogP) is 2.96. The minimum Gasteiger partial charge on any atom is -0.493 e. The maximum Gasteiger partial charge on any atom is 0.240 e. The van der Waals surface area contributed by atoms with Gasteiger partial charge in [-0.05, 0) is 43.7 Å². The highest BCUT2D eigenvalue weighted by molar-refractivity contribution is 7.89. The van der Waals surface area contributed by atoms with Crippen LogP contribution in [0, 0.1) is 0 Å². The van der Waals surface area contributed by atoms with Crippen LogP contribution < -0.4 is 14.2 Å². The molecule has 0 radical (unpaired) electrons. The minimum atomic E-state index is -3.53. The summed E-state index contributed by atoms with van der Waals surface area (Å²) in [7, 11) is -1.97. The molecule has 0 fully saturated rings. The Morgan fingerprint density at radius 1 is 1.04 bits per heavy atom. The SMILES string of the molecule is COc1cc(CNS(=O)(=O)c2ccccc2)ccc1OC(C)C. The van der Waals surface area contributed by atoms with Gasteiger partial charge >= 0.3 is 0 Å². The van der Waals surface area contributed by atoms with Crippen LogP contribution in [0.3, 0.4) is 0 Å². The summed E-state index contributed by atoms with van der Waals surface area (Å²) in [6.07, 6.45) is 0.0336. The van der Waals surface area contributed by atoms with E-state index in [0.29, 0.717) is 11.5 Å². The van der Waals surface area contributed by atoms with Crippen LogP contribution in [0.25, 0.3) is 0 Å². The molecule has 1 N–H and O–H groups in total. The number of hydrogen-bond acceptors (Lipinski definition) is 4. The lowest BCUT2D eigenvalue weighted by Crippen LogP contribution is -2.23. The summed E-state index contributed by atoms with van der Waals surface area (Å²) in [6, 6.07) is 13.6. The van der Waals surface area contributed by atoms with Crippen molar-refractivity contribution in [2.75, 3.05) is 7.11 Å². The number of sulfonamides is 1. The number of nitrogens with one attached hydrogen (secondary N) is 1. The van der Waals surface area contributed by atoms with Gasteiger partial charge in [0.15, 0.2) is 11.5 Å². The van der Waals surface area contributed by atoms with E-state index in [1.54, 1.807) is 49.6 Å². The molecule has 0 heterocycles. The van der Waals surface area contributed by atoms with Crippen molar-refractivity contribution < 1.29 is 17.9 Å². The summed E-state index contributed by atoms with van der Waals surface area (Å²) in [5.41, 5.74) is 0.789. The maximum atomic E-state index is 12.2. The van der Waals surface area contributed by atoms with Crippen LogP contribution in [-0.2, 0) is 16.6 Å². The lowest BCUT2D eigenvalue weighted by atomic mass is 10.2. The van der Waals surface area contributed by atoms with Crippen LogP contribution in [-0.4, -0.2) is 21.6 Å². The fraction of sp³-hybridized carbons (Fsp3) is 0.294. The van der Waals surface area contributed by atoms with Crippen LogP contribution in [0.2, 0.25) is 0 Å². The Bertz CT molecular complexity index is 742. The van der Waals surface area contributed by atoms with E-state index in [9.17, 15) is 8.42 Å². The number of rotatable bonds is 7. The maximum absolute atomic E-state index is 12.2. The van der Waals surface area contributed by atoms with E-state index in [0.717, 1.165) is 5.56 Å². The lowest BCUT2D eigenvalue weighted by Gasteiger charge is -2.14. The third-order valence-corrected chi connectivity index (χ3v) is 4.53. The summed E-state index contributed by atoms with van der Waals surface area (Å²) in [6.45, 7) is 4.04. The minimum absolute atomic E-state index is 0.0336. The Balaban J connectivity index is 2.12. The number of methoxy groups -OCH3 is 1. The molecule has 0 unspecified atom stereocenters. The van der Waals surface area contributed by atoms with Crippen molar-refractivity contribution >= 4 is 10.0 Å². The lowest BCUT2D eigenvalue weighted by molar-refractivity contribution is 0.230. The van der Waals surface area contributed by atoms with Gasteiger partial charge in [-0.1, -0.05) is 24.3 Å². The van der Waals surface area contributed by atoms with Crippen molar-refractivity contribution in [3.05, 3.63) is 54.1 Å². The predicted molar refractivity (Wildman–Crippen MR) is 89.2 cm³/mol. The van der Waals surface area contributed by atoms with Crippen molar-refractivity contribution in [2.45, 2.75) is 31.4 Å². The second kappa shape index (κ2) is 7.48. The molecule has 2 aromatic rings. The van der Waals surface area contributed by atoms with Crippen LogP contribution in [0.1, 0.15) is 19.4 Å². The van der Waals surface area contributed by atoms with E-state index in [2.05, 4.69) is 4.72 Å². The largest absolute Gasteiger partial charge is 0.493 e. The van der Waals surface area contributed by atoms with E-state index in [-0.39, 0.29) is 17.5 Å². The van der Waals surface area contributed by atoms with Crippen LogP contribution in [0.5, 0.6) is 11.5 Å². The Hall–Kier alpha value is -2.05. The van der Waals surface area contributed by atoms with Crippen molar-refractivity contribution in [1.29, 1.82) is 0 Å². The quantitative estimate of drug-likeness (QED) is 0.845. The molecule has 0 saturated heterocycles. The van der Waals surface area contributed by atoms with Crippen LogP contribution >= 0.6 is 0 Å². The fourth-order valence-electron chi connectivity index (χ4n) is 2.03. The summed E-state index contributed by atoms with van der Waals surface area (Å²) < 4.78 is 37.9. The Morgan fingerprint density at radius 3 is 2.35 bits per heavy atom. The average Bonchev–Trinajstić information content (AvgIpc) is 2.54. The van der Waals surface area contributed by atoms with Gasteiger partial charge in [0.2, 0.25) is 10.0 Å². The van der Waals surface area contributed by atoms with Crippen molar-refractivity contribution in [1.82, 2.24) is 4.72 Å². The summed E-state index contributed by atoms with van der Waals surface area (Å²) in [5.74, 6) is 1.22. The van der Waals surface area contributed by atoms with Gasteiger partial charge in [0, 0.05) is 6.54 Å². The third kappa shape index (κ3) is 4.71. The molecule has 5 nitrogen and oxygen atoms in total. The summed E-state index contributed by atoms with van der Waals surface area (Å²) in [4.78, 5) is 0.242. The van der Waals surface area contributed by atoms with Gasteiger partial charge in [-0.25, -0.2) is 13.1 Å². The van der Waals surface area contributed by atoms with Crippen LogP contribution in [0.15, 0.2) is 53.4 Å². The van der Waals surface area contributed by atoms with Gasteiger partial charge in [-0.2, -0.15) is 0 Å². The first-order valence-electron chi connectivity index (χ1n) is 7.30. The molecule has 124 valence electrons. The molecular formula is C17H21NO4S. The van der Waals surface area contributed by atoms with Gasteiger partial charge in [0.05, 0.1) is 18.1 Å². The first-order valence-corrected chi connectivity index (χ1v) is 8.79. The highest BCUT2D eigenvalue weighted by atomic mass is 32.2. The summed E-state index contributed by atoms with van der Waals surface area (Å²) >= 11 is 0. The molecule has 6 heteroatoms. The third-order valence-electron chi connectivity index (χ3n) is 3.11. The van der Waals surface area contributed by atoms with E-state index in [1.807, 2.05) is 19.9 Å². The van der Waals surface area contributed by atoms with E-state index < -0.39 is 10.0 Å². The van der Waals surface area contributed by atoms with E-state index in [1.165, 1.54) is 0 Å². The van der Waals surface area contributed by atoms with Crippen molar-refractivity contribution in [3.63, 3.8) is 0 Å². The zero-order chi connectivity index (χ0) is 16.9. The monoisotopic (exact) mass is 335 g/mol. The van der Waals surface area contributed by atoms with Crippen molar-refractivity contribution in [3.8, 4) is 11.5 Å². The molecule has 23 heavy (non-hydrogen) atoms. The zero-order valence-corrected chi connectivity index (χ0v) is 14.3. The normalized spacial score (nSPS) is 11.5. The first kappa shape index (κ1) is 17.3. The molecule has 0 amide bonds. The highest BCUT2D eigenvalue weighted by Gasteiger charge is 2.14. The molecule has 0 spiro atoms. The van der Waals surface area contributed by atoms with E-state index in [4.69, 9.17) is 9.47 Å². The summed E-state index contributed by atoms with van der Waals surface area (Å²) in [5, 5.41) is 0. The number of hydrogen-bond donors (Lipinski definition) is 1. The second-order valence-corrected chi connectivity index (χ2v) is 7.06. The molecule has 0 aliphatic rings.